The number of urea groups is 1. The standard InChI is InChI=1S/C13H17N5O3/c1-7-9(8(2)17(3)16-7)10(19)18-5-4-13(6-18)11(20)14-12(21)15-13/h4-6H2,1-3H3,(H2,14,15,20,21). The van der Waals surface area contributed by atoms with Crippen LogP contribution in [0, 0.1) is 13.8 Å². The first kappa shape index (κ1) is 13.6. The second-order valence-corrected chi connectivity index (χ2v) is 5.64. The maximum atomic E-state index is 12.7. The average Bonchev–Trinajstić information content (AvgIpc) is 3.01. The van der Waals surface area contributed by atoms with Gasteiger partial charge in [-0.05, 0) is 20.3 Å². The molecule has 3 rings (SSSR count). The molecule has 2 aliphatic rings. The van der Waals surface area contributed by atoms with E-state index < -0.39 is 11.6 Å². The summed E-state index contributed by atoms with van der Waals surface area (Å²) < 4.78 is 1.67. The minimum absolute atomic E-state index is 0.149. The lowest BCUT2D eigenvalue weighted by Crippen LogP contribution is -2.49. The van der Waals surface area contributed by atoms with Crippen molar-refractivity contribution in [3.05, 3.63) is 17.0 Å². The number of aromatic nitrogens is 2. The van der Waals surface area contributed by atoms with Crippen LogP contribution in [0.1, 0.15) is 28.2 Å². The maximum absolute atomic E-state index is 12.7. The molecule has 0 aliphatic carbocycles. The van der Waals surface area contributed by atoms with Crippen LogP contribution in [0.3, 0.4) is 0 Å². The third-order valence-corrected chi connectivity index (χ3v) is 4.29. The van der Waals surface area contributed by atoms with Gasteiger partial charge in [0.1, 0.15) is 5.54 Å². The first-order chi connectivity index (χ1) is 9.84. The topological polar surface area (TPSA) is 96.3 Å². The molecule has 2 N–H and O–H groups in total. The zero-order valence-electron chi connectivity index (χ0n) is 12.2. The number of hydrogen-bond acceptors (Lipinski definition) is 4. The molecule has 0 aromatic carbocycles. The van der Waals surface area contributed by atoms with Crippen LogP contribution in [0.15, 0.2) is 0 Å². The van der Waals surface area contributed by atoms with Gasteiger partial charge >= 0.3 is 6.03 Å². The lowest BCUT2D eigenvalue weighted by Gasteiger charge is -2.21. The zero-order valence-corrected chi connectivity index (χ0v) is 12.2. The molecular formula is C13H17N5O3. The van der Waals surface area contributed by atoms with E-state index in [0.29, 0.717) is 24.2 Å². The van der Waals surface area contributed by atoms with Gasteiger partial charge in [-0.2, -0.15) is 5.10 Å². The molecule has 1 atom stereocenters. The number of rotatable bonds is 1. The Balaban J connectivity index is 1.85. The van der Waals surface area contributed by atoms with Gasteiger partial charge in [0.25, 0.3) is 11.8 Å². The Morgan fingerprint density at radius 2 is 2.05 bits per heavy atom. The number of likely N-dealkylation sites (tertiary alicyclic amines) is 1. The van der Waals surface area contributed by atoms with E-state index in [1.165, 1.54) is 0 Å². The largest absolute Gasteiger partial charge is 0.336 e. The number of nitrogens with zero attached hydrogens (tertiary/aromatic N) is 3. The summed E-state index contributed by atoms with van der Waals surface area (Å²) in [7, 11) is 1.79. The van der Waals surface area contributed by atoms with E-state index in [9.17, 15) is 14.4 Å². The van der Waals surface area contributed by atoms with E-state index in [1.54, 1.807) is 23.6 Å². The van der Waals surface area contributed by atoms with Crippen LogP contribution in [0.4, 0.5) is 4.79 Å². The number of nitrogens with one attached hydrogen (secondary N) is 2. The highest BCUT2D eigenvalue weighted by atomic mass is 16.2. The Morgan fingerprint density at radius 1 is 1.33 bits per heavy atom. The normalized spacial score (nSPS) is 24.6. The van der Waals surface area contributed by atoms with E-state index in [-0.39, 0.29) is 18.4 Å². The van der Waals surface area contributed by atoms with Gasteiger partial charge in [-0.1, -0.05) is 0 Å². The lowest BCUT2D eigenvalue weighted by molar-refractivity contribution is -0.123. The summed E-state index contributed by atoms with van der Waals surface area (Å²) >= 11 is 0. The van der Waals surface area contributed by atoms with Crippen molar-refractivity contribution in [3.63, 3.8) is 0 Å². The summed E-state index contributed by atoms with van der Waals surface area (Å²) in [5, 5.41) is 9.11. The Kier molecular flexibility index (Phi) is 2.79. The monoisotopic (exact) mass is 291 g/mol. The molecule has 2 saturated heterocycles. The van der Waals surface area contributed by atoms with Crippen LogP contribution in [-0.2, 0) is 11.8 Å². The van der Waals surface area contributed by atoms with Gasteiger partial charge in [0, 0.05) is 19.3 Å². The first-order valence-electron chi connectivity index (χ1n) is 6.77. The summed E-state index contributed by atoms with van der Waals surface area (Å²) in [6, 6.07) is -0.497. The van der Waals surface area contributed by atoms with Crippen molar-refractivity contribution in [2.24, 2.45) is 7.05 Å². The number of carbonyl (C=O) groups excluding carboxylic acids is 3. The minimum atomic E-state index is -0.975. The van der Waals surface area contributed by atoms with Gasteiger partial charge in [-0.25, -0.2) is 4.79 Å². The molecule has 0 saturated carbocycles. The van der Waals surface area contributed by atoms with Crippen LogP contribution in [0.2, 0.25) is 0 Å². The maximum Gasteiger partial charge on any atom is 0.322 e. The second-order valence-electron chi connectivity index (χ2n) is 5.64. The van der Waals surface area contributed by atoms with E-state index in [0.717, 1.165) is 5.69 Å². The minimum Gasteiger partial charge on any atom is -0.336 e. The van der Waals surface area contributed by atoms with E-state index >= 15 is 0 Å². The van der Waals surface area contributed by atoms with Gasteiger partial charge < -0.3 is 10.2 Å². The third-order valence-electron chi connectivity index (χ3n) is 4.29. The fourth-order valence-electron chi connectivity index (χ4n) is 3.04. The smallest absolute Gasteiger partial charge is 0.322 e. The van der Waals surface area contributed by atoms with Crippen molar-refractivity contribution in [3.8, 4) is 0 Å². The molecule has 1 aromatic rings. The highest BCUT2D eigenvalue weighted by Gasteiger charge is 2.51. The van der Waals surface area contributed by atoms with Crippen molar-refractivity contribution < 1.29 is 14.4 Å². The summed E-state index contributed by atoms with van der Waals surface area (Å²) in [6.45, 7) is 4.25. The molecule has 3 heterocycles. The van der Waals surface area contributed by atoms with Crippen LogP contribution in [-0.4, -0.2) is 51.2 Å². The van der Waals surface area contributed by atoms with Gasteiger partial charge in [-0.3, -0.25) is 19.6 Å². The molecule has 2 aliphatic heterocycles. The van der Waals surface area contributed by atoms with Crippen molar-refractivity contribution in [1.29, 1.82) is 0 Å². The van der Waals surface area contributed by atoms with Crippen LogP contribution in [0.25, 0.3) is 0 Å². The van der Waals surface area contributed by atoms with Gasteiger partial charge in [-0.15, -0.1) is 0 Å². The quantitative estimate of drug-likeness (QED) is 0.679. The molecule has 2 fully saturated rings. The average molecular weight is 291 g/mol. The molecule has 1 spiro atoms. The molecule has 0 bridgehead atoms. The summed E-state index contributed by atoms with van der Waals surface area (Å²) in [6.07, 6.45) is 0.425. The van der Waals surface area contributed by atoms with E-state index in [2.05, 4.69) is 15.7 Å². The Morgan fingerprint density at radius 3 is 2.57 bits per heavy atom. The molecule has 1 unspecified atom stereocenters. The van der Waals surface area contributed by atoms with E-state index in [4.69, 9.17) is 0 Å². The van der Waals surface area contributed by atoms with Gasteiger partial charge in [0.2, 0.25) is 0 Å². The van der Waals surface area contributed by atoms with Crippen molar-refractivity contribution in [2.45, 2.75) is 25.8 Å². The zero-order chi connectivity index (χ0) is 15.4. The van der Waals surface area contributed by atoms with Crippen LogP contribution >= 0.6 is 0 Å². The summed E-state index contributed by atoms with van der Waals surface area (Å²) in [5.41, 5.74) is 1.05. The molecule has 8 heteroatoms. The number of carbonyl (C=O) groups is 3. The fourth-order valence-corrected chi connectivity index (χ4v) is 3.04. The SMILES string of the molecule is Cc1nn(C)c(C)c1C(=O)N1CCC2(C1)NC(=O)NC2=O. The fraction of sp³-hybridized carbons (Fsp3) is 0.538. The molecule has 112 valence electrons. The van der Waals surface area contributed by atoms with Crippen molar-refractivity contribution in [1.82, 2.24) is 25.3 Å². The molecule has 4 amide bonds. The Labute approximate surface area is 121 Å². The Hall–Kier alpha value is -2.38. The van der Waals surface area contributed by atoms with E-state index in [1.807, 2.05) is 6.92 Å². The predicted molar refractivity (Wildman–Crippen MR) is 72.6 cm³/mol. The van der Waals surface area contributed by atoms with Crippen LogP contribution in [0.5, 0.6) is 0 Å². The Bertz CT molecular complexity index is 665. The highest BCUT2D eigenvalue weighted by molar-refractivity contribution is 6.08. The van der Waals surface area contributed by atoms with Crippen molar-refractivity contribution in [2.75, 3.05) is 13.1 Å². The second kappa shape index (κ2) is 4.31. The first-order valence-corrected chi connectivity index (χ1v) is 6.77. The van der Waals surface area contributed by atoms with Gasteiger partial charge in [0.15, 0.2) is 0 Å². The molecule has 0 radical (unpaired) electrons. The lowest BCUT2D eigenvalue weighted by atomic mass is 9.99. The van der Waals surface area contributed by atoms with Crippen molar-refractivity contribution >= 4 is 17.8 Å². The third kappa shape index (κ3) is 1.90. The number of amides is 4. The number of aryl methyl sites for hydroxylation is 2. The molecule has 21 heavy (non-hydrogen) atoms. The van der Waals surface area contributed by atoms with Gasteiger partial charge in [0.05, 0.1) is 17.8 Å². The molecule has 8 nitrogen and oxygen atoms in total. The molecule has 1 aromatic heterocycles. The predicted octanol–water partition coefficient (Wildman–Crippen LogP) is -0.539. The van der Waals surface area contributed by atoms with Crippen LogP contribution < -0.4 is 10.6 Å². The summed E-state index contributed by atoms with van der Waals surface area (Å²) in [5.74, 6) is -0.508. The summed E-state index contributed by atoms with van der Waals surface area (Å²) in [4.78, 5) is 37.5. The number of hydrogen-bond donors (Lipinski definition) is 2. The number of imide groups is 1. The highest BCUT2D eigenvalue weighted by Crippen LogP contribution is 2.27. The molecular weight excluding hydrogens is 274 g/mol.